The second-order valence-corrected chi connectivity index (χ2v) is 9.77. The van der Waals surface area contributed by atoms with Gasteiger partial charge in [0.05, 0.1) is 17.3 Å². The monoisotopic (exact) mass is 596 g/mol. The highest BCUT2D eigenvalue weighted by Gasteiger charge is 2.36. The molecular weight excluding hydrogens is 574 g/mol. The number of hydrogen-bond acceptors (Lipinski definition) is 3. The van der Waals surface area contributed by atoms with Gasteiger partial charge in [-0.3, -0.25) is 14.6 Å². The molecule has 3 N–H and O–H groups in total. The molecule has 2 amide bonds. The van der Waals surface area contributed by atoms with Gasteiger partial charge in [0.1, 0.15) is 29.7 Å². The summed E-state index contributed by atoms with van der Waals surface area (Å²) in [5.41, 5.74) is 4.92. The van der Waals surface area contributed by atoms with Gasteiger partial charge in [-0.2, -0.15) is 13.2 Å². The third kappa shape index (κ3) is 6.37. The van der Waals surface area contributed by atoms with Crippen LogP contribution in [-0.4, -0.2) is 21.4 Å². The van der Waals surface area contributed by atoms with Gasteiger partial charge in [-0.15, -0.1) is 0 Å². The molecule has 220 valence electrons. The van der Waals surface area contributed by atoms with Crippen LogP contribution < -0.4 is 11.1 Å². The molecule has 0 aliphatic carbocycles. The smallest absolute Gasteiger partial charge is 0.366 e. The van der Waals surface area contributed by atoms with Crippen molar-refractivity contribution in [2.45, 2.75) is 25.2 Å². The number of aromatic nitrogens is 2. The van der Waals surface area contributed by atoms with Crippen molar-refractivity contribution in [2.75, 3.05) is 0 Å². The molecule has 12 heteroatoms. The lowest BCUT2D eigenvalue weighted by atomic mass is 9.94. The number of rotatable bonds is 8. The van der Waals surface area contributed by atoms with Gasteiger partial charge >= 0.3 is 6.18 Å². The molecule has 2 aromatic heterocycles. The molecule has 0 radical (unpaired) electrons. The molecule has 0 spiro atoms. The maximum absolute atomic E-state index is 14.2. The molecule has 5 rings (SSSR count). The van der Waals surface area contributed by atoms with Crippen LogP contribution in [0, 0.1) is 17.5 Å². The van der Waals surface area contributed by atoms with Crippen molar-refractivity contribution in [1.29, 1.82) is 0 Å². The van der Waals surface area contributed by atoms with Crippen LogP contribution in [0.3, 0.4) is 0 Å². The first kappa shape index (κ1) is 29.4. The van der Waals surface area contributed by atoms with Gasteiger partial charge in [0, 0.05) is 28.7 Å². The zero-order valence-corrected chi connectivity index (χ0v) is 22.1. The zero-order valence-electron chi connectivity index (χ0n) is 22.1. The Balaban J connectivity index is 1.56. The van der Waals surface area contributed by atoms with Gasteiger partial charge in [-0.05, 0) is 60.0 Å². The van der Waals surface area contributed by atoms with E-state index < -0.39 is 59.3 Å². The van der Waals surface area contributed by atoms with Crippen molar-refractivity contribution in [2.24, 2.45) is 5.73 Å². The van der Waals surface area contributed by atoms with E-state index in [4.69, 9.17) is 5.73 Å². The first-order valence-corrected chi connectivity index (χ1v) is 12.8. The molecule has 5 aromatic rings. The second kappa shape index (κ2) is 11.6. The fraction of sp³-hybridized carbons (Fsp3) is 0.129. The van der Waals surface area contributed by atoms with E-state index in [0.717, 1.165) is 28.8 Å². The highest BCUT2D eigenvalue weighted by atomic mass is 19.4. The largest absolute Gasteiger partial charge is 0.431 e. The first-order valence-electron chi connectivity index (χ1n) is 12.8. The molecule has 0 fully saturated rings. The quantitative estimate of drug-likeness (QED) is 0.205. The number of halogens is 6. The van der Waals surface area contributed by atoms with Crippen LogP contribution in [0.15, 0.2) is 85.1 Å². The van der Waals surface area contributed by atoms with E-state index >= 15 is 0 Å². The Kier molecular flexibility index (Phi) is 7.94. The Morgan fingerprint density at radius 1 is 0.907 bits per heavy atom. The van der Waals surface area contributed by atoms with Crippen molar-refractivity contribution < 1.29 is 35.9 Å². The fourth-order valence-electron chi connectivity index (χ4n) is 5.00. The third-order valence-corrected chi connectivity index (χ3v) is 6.81. The van der Waals surface area contributed by atoms with Gasteiger partial charge < -0.3 is 15.6 Å². The van der Waals surface area contributed by atoms with E-state index in [2.05, 4.69) is 10.3 Å². The lowest BCUT2D eigenvalue weighted by Crippen LogP contribution is -2.34. The molecule has 6 nitrogen and oxygen atoms in total. The number of fused-ring (bicyclic) bond motifs is 1. The summed E-state index contributed by atoms with van der Waals surface area (Å²) in [5.74, 6) is -4.48. The summed E-state index contributed by atoms with van der Waals surface area (Å²) in [6.07, 6.45) is -3.59. The second-order valence-electron chi connectivity index (χ2n) is 9.77. The lowest BCUT2D eigenvalue weighted by molar-refractivity contribution is -0.143. The molecule has 0 unspecified atom stereocenters. The summed E-state index contributed by atoms with van der Waals surface area (Å²) in [6, 6.07) is 15.3. The number of primary amides is 1. The standard InChI is InChI=1S/C31H22F6N4O2/c32-20-10-17(11-21(33)15-20)12-25(29-22(5-3-9-39-29)18-7-8-24(34)23(13-18)30(38)43)40-28(42)16-41-26-6-2-1-4-19(26)14-27(41)31(35,36)37/h1-11,13-15,25H,12,16H2,(H2,38,43)(H,40,42)/t25-/m0/s1. The molecule has 0 saturated carbocycles. The van der Waals surface area contributed by atoms with Crippen molar-refractivity contribution >= 4 is 22.7 Å². The van der Waals surface area contributed by atoms with Gasteiger partial charge in [0.15, 0.2) is 0 Å². The third-order valence-electron chi connectivity index (χ3n) is 6.81. The van der Waals surface area contributed by atoms with E-state index in [1.54, 1.807) is 18.2 Å². The van der Waals surface area contributed by atoms with Crippen LogP contribution in [0.25, 0.3) is 22.0 Å². The van der Waals surface area contributed by atoms with Crippen molar-refractivity contribution in [3.8, 4) is 11.1 Å². The highest BCUT2D eigenvalue weighted by Crippen LogP contribution is 2.34. The Labute approximate surface area is 240 Å². The topological polar surface area (TPSA) is 90.0 Å². The lowest BCUT2D eigenvalue weighted by Gasteiger charge is -2.22. The average molecular weight is 597 g/mol. The number of nitrogens with two attached hydrogens (primary N) is 1. The van der Waals surface area contributed by atoms with E-state index in [9.17, 15) is 35.9 Å². The number of carbonyl (C=O) groups is 2. The number of nitrogens with zero attached hydrogens (tertiary/aromatic N) is 2. The van der Waals surface area contributed by atoms with Gasteiger partial charge in [-0.25, -0.2) is 13.2 Å². The Morgan fingerprint density at radius 2 is 1.63 bits per heavy atom. The number of alkyl halides is 3. The predicted molar refractivity (Wildman–Crippen MR) is 146 cm³/mol. The Hall–Kier alpha value is -5.13. The van der Waals surface area contributed by atoms with Gasteiger partial charge in [0.25, 0.3) is 5.91 Å². The SMILES string of the molecule is NC(=O)c1cc(-c2cccnc2[C@H](Cc2cc(F)cc(F)c2)NC(=O)Cn2c(C(F)(F)F)cc3ccccc32)ccc1F. The minimum Gasteiger partial charge on any atom is -0.366 e. The fourth-order valence-corrected chi connectivity index (χ4v) is 5.00. The number of nitrogens with one attached hydrogen (secondary N) is 1. The Bertz CT molecular complexity index is 1830. The van der Waals surface area contributed by atoms with E-state index in [-0.39, 0.29) is 28.6 Å². The number of para-hydroxylation sites is 1. The summed E-state index contributed by atoms with van der Waals surface area (Å²) >= 11 is 0. The minimum atomic E-state index is -4.76. The normalized spacial score (nSPS) is 12.3. The van der Waals surface area contributed by atoms with E-state index in [0.29, 0.717) is 17.2 Å². The number of amides is 2. The van der Waals surface area contributed by atoms with Crippen molar-refractivity contribution in [3.63, 3.8) is 0 Å². The van der Waals surface area contributed by atoms with Crippen molar-refractivity contribution in [3.05, 3.63) is 125 Å². The molecule has 43 heavy (non-hydrogen) atoms. The average Bonchev–Trinajstić information content (AvgIpc) is 3.31. The zero-order chi connectivity index (χ0) is 30.9. The highest BCUT2D eigenvalue weighted by molar-refractivity contribution is 5.94. The number of benzene rings is 3. The summed E-state index contributed by atoms with van der Waals surface area (Å²) in [7, 11) is 0. The summed E-state index contributed by atoms with van der Waals surface area (Å²) in [5, 5.41) is 2.94. The molecule has 0 aliphatic rings. The van der Waals surface area contributed by atoms with E-state index in [1.807, 2.05) is 0 Å². The predicted octanol–water partition coefficient (Wildman–Crippen LogP) is 6.34. The Morgan fingerprint density at radius 3 is 2.33 bits per heavy atom. The first-order chi connectivity index (χ1) is 20.4. The van der Waals surface area contributed by atoms with Gasteiger partial charge in [0.2, 0.25) is 5.91 Å². The molecular formula is C31H22F6N4O2. The molecule has 0 saturated heterocycles. The van der Waals surface area contributed by atoms with Crippen LogP contribution in [0.5, 0.6) is 0 Å². The number of carbonyl (C=O) groups excluding carboxylic acids is 2. The molecule has 0 aliphatic heterocycles. The van der Waals surface area contributed by atoms with Crippen LogP contribution in [0.4, 0.5) is 26.3 Å². The maximum Gasteiger partial charge on any atom is 0.431 e. The van der Waals surface area contributed by atoms with Crippen LogP contribution in [-0.2, 0) is 23.9 Å². The van der Waals surface area contributed by atoms with Crippen LogP contribution >= 0.6 is 0 Å². The summed E-state index contributed by atoms with van der Waals surface area (Å²) < 4.78 is 84.9. The minimum absolute atomic E-state index is 0.124. The molecule has 1 atom stereocenters. The van der Waals surface area contributed by atoms with Gasteiger partial charge in [-0.1, -0.05) is 30.3 Å². The molecule has 2 heterocycles. The number of pyridine rings is 1. The molecule has 3 aromatic carbocycles. The van der Waals surface area contributed by atoms with Crippen molar-refractivity contribution in [1.82, 2.24) is 14.9 Å². The summed E-state index contributed by atoms with van der Waals surface area (Å²) in [6.45, 7) is -0.735. The maximum atomic E-state index is 14.2. The van der Waals surface area contributed by atoms with Crippen LogP contribution in [0.2, 0.25) is 0 Å². The molecule has 0 bridgehead atoms. The summed E-state index contributed by atoms with van der Waals surface area (Å²) in [4.78, 5) is 29.5. The van der Waals surface area contributed by atoms with Crippen LogP contribution in [0.1, 0.15) is 33.4 Å². The number of hydrogen-bond donors (Lipinski definition) is 2. The van der Waals surface area contributed by atoms with E-state index in [1.165, 1.54) is 36.5 Å².